The van der Waals surface area contributed by atoms with Gasteiger partial charge in [0.1, 0.15) is 5.76 Å². The molecule has 0 unspecified atom stereocenters. The summed E-state index contributed by atoms with van der Waals surface area (Å²) in [6.07, 6.45) is 29.2. The lowest BCUT2D eigenvalue weighted by molar-refractivity contribution is 0.513. The smallest absolute Gasteiger partial charge is 0.115 e. The summed E-state index contributed by atoms with van der Waals surface area (Å²) in [7, 11) is 0. The molecule has 0 aliphatic carbocycles. The first kappa shape index (κ1) is 55.0. The predicted molar refractivity (Wildman–Crippen MR) is 337 cm³/mol. The van der Waals surface area contributed by atoms with Crippen LogP contribution >= 0.6 is 45.3 Å². The molecule has 75 heavy (non-hydrogen) atoms. The fourth-order valence-electron chi connectivity index (χ4n) is 11.4. The molecule has 1 N–H and O–H groups in total. The summed E-state index contributed by atoms with van der Waals surface area (Å²) in [5, 5.41) is 12.9. The molecule has 0 saturated heterocycles. The Bertz CT molecular complexity index is 3280. The first-order valence-electron chi connectivity index (χ1n) is 28.9. The number of aliphatic hydroxyl groups excluding tert-OH is 1. The molecule has 1 aliphatic rings. The van der Waals surface area contributed by atoms with Crippen molar-refractivity contribution < 1.29 is 5.11 Å². The Morgan fingerprint density at radius 3 is 1.59 bits per heavy atom. The van der Waals surface area contributed by atoms with Crippen LogP contribution < -0.4 is 0 Å². The highest BCUT2D eigenvalue weighted by molar-refractivity contribution is 7.29. The number of benzene rings is 3. The van der Waals surface area contributed by atoms with E-state index in [1.807, 2.05) is 23.5 Å². The van der Waals surface area contributed by atoms with Gasteiger partial charge in [-0.3, -0.25) is 4.99 Å². The maximum absolute atomic E-state index is 10.2. The first-order valence-corrected chi connectivity index (χ1v) is 32.2. The van der Waals surface area contributed by atoms with Crippen molar-refractivity contribution in [2.75, 3.05) is 0 Å². The van der Waals surface area contributed by atoms with Crippen LogP contribution in [0.1, 0.15) is 189 Å². The molecule has 8 aromatic rings. The van der Waals surface area contributed by atoms with E-state index in [4.69, 9.17) is 4.99 Å². The molecule has 0 radical (unpaired) electrons. The fourth-order valence-corrected chi connectivity index (χ4v) is 16.5. The molecule has 0 spiro atoms. The van der Waals surface area contributed by atoms with Crippen LogP contribution in [0.4, 0.5) is 5.69 Å². The molecule has 3 aromatic carbocycles. The van der Waals surface area contributed by atoms with E-state index in [9.17, 15) is 5.11 Å². The van der Waals surface area contributed by atoms with Gasteiger partial charge in [-0.1, -0.05) is 149 Å². The van der Waals surface area contributed by atoms with Crippen LogP contribution in [-0.4, -0.2) is 15.4 Å². The molecule has 0 fully saturated rings. The van der Waals surface area contributed by atoms with E-state index in [0.717, 1.165) is 54.8 Å². The molecule has 0 bridgehead atoms. The van der Waals surface area contributed by atoms with E-state index in [1.54, 1.807) is 5.56 Å². The van der Waals surface area contributed by atoms with E-state index in [1.165, 1.54) is 186 Å². The van der Waals surface area contributed by atoms with Crippen molar-refractivity contribution in [2.24, 2.45) is 4.99 Å². The number of aliphatic hydroxyl groups is 1. The van der Waals surface area contributed by atoms with Gasteiger partial charge in [-0.25, -0.2) is 0 Å². The van der Waals surface area contributed by atoms with Gasteiger partial charge < -0.3 is 9.67 Å². The highest BCUT2D eigenvalue weighted by Crippen LogP contribution is 2.51. The third-order valence-electron chi connectivity index (χ3n) is 15.8. The van der Waals surface area contributed by atoms with Gasteiger partial charge in [0.15, 0.2) is 0 Å². The van der Waals surface area contributed by atoms with Gasteiger partial charge in [0, 0.05) is 78.3 Å². The van der Waals surface area contributed by atoms with Crippen LogP contribution in [0.25, 0.3) is 73.3 Å². The number of fused-ring (bicyclic) bond motifs is 4. The van der Waals surface area contributed by atoms with Crippen LogP contribution in [0.2, 0.25) is 0 Å². The lowest BCUT2D eigenvalue weighted by atomic mass is 9.80. The molecule has 9 rings (SSSR count). The van der Waals surface area contributed by atoms with Crippen molar-refractivity contribution in [3.05, 3.63) is 136 Å². The zero-order chi connectivity index (χ0) is 52.5. The monoisotopic (exact) mass is 1070 g/mol. The van der Waals surface area contributed by atoms with Crippen LogP contribution in [0.15, 0.2) is 103 Å². The number of thiophene rings is 4. The molecule has 6 heterocycles. The Morgan fingerprint density at radius 2 is 1.04 bits per heavy atom. The lowest BCUT2D eigenvalue weighted by Crippen LogP contribution is -2.23. The second kappa shape index (κ2) is 25.6. The minimum absolute atomic E-state index is 0.0961. The molecule has 0 amide bonds. The average Bonchev–Trinajstić information content (AvgIpc) is 4.29. The fraction of sp³-hybridized carbons (Fsp3) is 0.426. The number of aliphatic imine (C=N–C) groups is 1. The molecule has 7 heteroatoms. The third-order valence-corrected chi connectivity index (χ3v) is 21.0. The Kier molecular flexibility index (Phi) is 18.7. The average molecular weight is 1070 g/mol. The van der Waals surface area contributed by atoms with Crippen molar-refractivity contribution in [3.8, 4) is 39.7 Å². The Morgan fingerprint density at radius 1 is 0.533 bits per heavy atom. The maximum Gasteiger partial charge on any atom is 0.115 e. The van der Waals surface area contributed by atoms with Gasteiger partial charge in [-0.15, -0.1) is 45.3 Å². The molecule has 0 saturated carbocycles. The van der Waals surface area contributed by atoms with Crippen LogP contribution in [-0.2, 0) is 37.6 Å². The standard InChI is InChI=1S/C68H82N2OS4/c1-9-14-18-22-28-48-40-53(36-39-63-68(7,8)56-42-47(46(6)71)34-37-57(56)69-63)72-65(48)60-44-50(30-24-20-16-11-3)67(74-60)62-45-51(31-25-21-17-12-4)66(75-62)61-43-49(29-23-19-15-10-2)64(73-61)52-35-38-59-55(41-52)54-32-26-27-33-58(54)70(59)13-5/h26-27,32-45,71H,6,9-25,28-31H2,1-5,7-8H3/b39-36+. The molecule has 1 aliphatic heterocycles. The summed E-state index contributed by atoms with van der Waals surface area (Å²) in [6, 6.07) is 32.6. The van der Waals surface area contributed by atoms with Gasteiger partial charge in [0.2, 0.25) is 0 Å². The molecular weight excluding hydrogens is 989 g/mol. The summed E-state index contributed by atoms with van der Waals surface area (Å²) >= 11 is 8.16. The Labute approximate surface area is 466 Å². The van der Waals surface area contributed by atoms with Crippen molar-refractivity contribution >= 4 is 90.4 Å². The number of aromatic nitrogens is 1. The Hall–Kier alpha value is -4.79. The van der Waals surface area contributed by atoms with Crippen molar-refractivity contribution in [3.63, 3.8) is 0 Å². The van der Waals surface area contributed by atoms with E-state index in [2.05, 4.69) is 179 Å². The minimum atomic E-state index is -0.281. The summed E-state index contributed by atoms with van der Waals surface area (Å²) in [4.78, 5) is 16.7. The maximum atomic E-state index is 10.2. The van der Waals surface area contributed by atoms with Gasteiger partial charge in [-0.2, -0.15) is 0 Å². The molecular formula is C68H82N2OS4. The zero-order valence-corrected chi connectivity index (χ0v) is 49.5. The minimum Gasteiger partial charge on any atom is -0.508 e. The molecule has 5 aromatic heterocycles. The van der Waals surface area contributed by atoms with E-state index in [-0.39, 0.29) is 11.2 Å². The van der Waals surface area contributed by atoms with E-state index < -0.39 is 0 Å². The van der Waals surface area contributed by atoms with Crippen LogP contribution in [0.3, 0.4) is 0 Å². The number of aryl methyl sites for hydroxylation is 5. The number of hydrogen-bond donors (Lipinski definition) is 1. The number of allylic oxidation sites excluding steroid dienone is 1. The Balaban J connectivity index is 1.11. The predicted octanol–water partition coefficient (Wildman–Crippen LogP) is 22.8. The topological polar surface area (TPSA) is 37.5 Å². The SMILES string of the molecule is C=C(O)c1ccc2c(c1)C(C)(C)C(/C=C/c1cc(CCCCCC)c(-c3cc(CCCCCC)c(-c4cc(CCCCCC)c(-c5cc(CCCCCC)c(-c6ccc7c(c6)c6ccccc6n7CC)s5)s4)s3)s1)=N2. The van der Waals surface area contributed by atoms with Gasteiger partial charge >= 0.3 is 0 Å². The number of hydrogen-bond acceptors (Lipinski definition) is 6. The molecule has 3 nitrogen and oxygen atoms in total. The summed E-state index contributed by atoms with van der Waals surface area (Å²) in [6.45, 7) is 20.8. The second-order valence-electron chi connectivity index (χ2n) is 21.8. The summed E-state index contributed by atoms with van der Waals surface area (Å²) in [5.41, 5.74) is 13.7. The van der Waals surface area contributed by atoms with Gasteiger partial charge in [0.25, 0.3) is 0 Å². The summed E-state index contributed by atoms with van der Waals surface area (Å²) < 4.78 is 2.48. The third kappa shape index (κ3) is 12.3. The van der Waals surface area contributed by atoms with Gasteiger partial charge in [-0.05, 0) is 164 Å². The van der Waals surface area contributed by atoms with Crippen molar-refractivity contribution in [1.29, 1.82) is 0 Å². The number of unbranched alkanes of at least 4 members (excludes halogenated alkanes) is 12. The number of para-hydroxylation sites is 1. The largest absolute Gasteiger partial charge is 0.508 e. The molecule has 394 valence electrons. The van der Waals surface area contributed by atoms with E-state index in [0.29, 0.717) is 0 Å². The zero-order valence-electron chi connectivity index (χ0n) is 46.3. The van der Waals surface area contributed by atoms with E-state index >= 15 is 0 Å². The normalized spacial score (nSPS) is 13.3. The quantitative estimate of drug-likeness (QED) is 0.0385. The second-order valence-corrected chi connectivity index (χ2v) is 26.0. The van der Waals surface area contributed by atoms with Crippen molar-refractivity contribution in [1.82, 2.24) is 4.57 Å². The highest BCUT2D eigenvalue weighted by Gasteiger charge is 2.34. The number of rotatable bonds is 28. The first-order chi connectivity index (χ1) is 36.6. The lowest BCUT2D eigenvalue weighted by Gasteiger charge is -2.20. The van der Waals surface area contributed by atoms with Crippen LogP contribution in [0.5, 0.6) is 0 Å². The molecule has 0 atom stereocenters. The van der Waals surface area contributed by atoms with Gasteiger partial charge in [0.05, 0.1) is 11.4 Å². The number of nitrogens with zero attached hydrogens (tertiary/aromatic N) is 2. The summed E-state index contributed by atoms with van der Waals surface area (Å²) in [5.74, 6) is 0.0961. The van der Waals surface area contributed by atoms with Crippen LogP contribution in [0, 0.1) is 0 Å². The van der Waals surface area contributed by atoms with Crippen molar-refractivity contribution in [2.45, 2.75) is 189 Å². The highest BCUT2D eigenvalue weighted by atomic mass is 32.1.